The van der Waals surface area contributed by atoms with Crippen LogP contribution < -0.4 is 26.6 Å². The largest absolute Gasteiger partial charge is 0.384 e. The topological polar surface area (TPSA) is 124 Å². The Labute approximate surface area is 289 Å². The molecule has 1 aliphatic rings. The van der Waals surface area contributed by atoms with Gasteiger partial charge in [0.05, 0.1) is 28.6 Å². The number of para-hydroxylation sites is 2. The highest BCUT2D eigenvalue weighted by atomic mass is 35.5. The number of amides is 4. The molecule has 0 saturated carbocycles. The van der Waals surface area contributed by atoms with Crippen LogP contribution in [0.15, 0.2) is 122 Å². The number of carbonyl (C=O) groups excluding carboxylic acids is 3. The third kappa shape index (κ3) is 7.80. The van der Waals surface area contributed by atoms with E-state index in [2.05, 4.69) is 31.6 Å². The molecule has 0 fully saturated rings. The zero-order valence-electron chi connectivity index (χ0n) is 26.8. The molecule has 9 nitrogen and oxygen atoms in total. The zero-order chi connectivity index (χ0) is 34.2. The Morgan fingerprint density at radius 1 is 0.857 bits per heavy atom. The first kappa shape index (κ1) is 33.0. The predicted octanol–water partition coefficient (Wildman–Crippen LogP) is 7.91. The van der Waals surface area contributed by atoms with Crippen molar-refractivity contribution >= 4 is 57.8 Å². The predicted molar refractivity (Wildman–Crippen MR) is 195 cm³/mol. The van der Waals surface area contributed by atoms with Crippen LogP contribution >= 0.6 is 11.6 Å². The molecule has 0 aliphatic carbocycles. The molecule has 0 spiro atoms. The number of nitrogens with zero attached hydrogens (tertiary/aromatic N) is 1. The molecule has 10 heteroatoms. The highest BCUT2D eigenvalue weighted by Crippen LogP contribution is 2.38. The molecule has 0 radical (unpaired) electrons. The number of anilines is 3. The minimum absolute atomic E-state index is 0.175. The van der Waals surface area contributed by atoms with Crippen molar-refractivity contribution in [3.63, 3.8) is 0 Å². The molecule has 0 unspecified atom stereocenters. The molecule has 246 valence electrons. The molecular weight excluding hydrogens is 636 g/mol. The van der Waals surface area contributed by atoms with Crippen LogP contribution in [-0.2, 0) is 11.2 Å². The summed E-state index contributed by atoms with van der Waals surface area (Å²) in [6.45, 7) is 2.46. The van der Waals surface area contributed by atoms with Crippen molar-refractivity contribution in [2.75, 3.05) is 22.5 Å². The average Bonchev–Trinajstić information content (AvgIpc) is 3.45. The van der Waals surface area contributed by atoms with Gasteiger partial charge in [0.15, 0.2) is 0 Å². The van der Waals surface area contributed by atoms with Gasteiger partial charge in [-0.1, -0.05) is 85.3 Å². The van der Waals surface area contributed by atoms with Crippen molar-refractivity contribution in [2.45, 2.75) is 25.8 Å². The molecule has 0 bridgehead atoms. The summed E-state index contributed by atoms with van der Waals surface area (Å²) in [5.74, 6) is -0.583. The first-order valence-electron chi connectivity index (χ1n) is 16.0. The van der Waals surface area contributed by atoms with Gasteiger partial charge in [-0.25, -0.2) is 4.79 Å². The maximum Gasteiger partial charge on any atom is 0.323 e. The van der Waals surface area contributed by atoms with Gasteiger partial charge in [-0.3, -0.25) is 14.6 Å². The first-order valence-corrected chi connectivity index (χ1v) is 16.4. The molecule has 2 heterocycles. The SMILES string of the molecule is CC[C@H](NC(=O)c1cccc2c1NC(=O)/C2=C(\NCCc1ccccc1NC(=O)Nc1cccc(Cl)c1)c1ccncc1)c1ccccc1. The summed E-state index contributed by atoms with van der Waals surface area (Å²) in [4.78, 5) is 44.2. The number of pyridine rings is 1. The number of carbonyl (C=O) groups is 3. The van der Waals surface area contributed by atoms with Crippen LogP contribution in [0, 0.1) is 0 Å². The van der Waals surface area contributed by atoms with E-state index in [0.29, 0.717) is 63.9 Å². The quantitative estimate of drug-likeness (QED) is 0.0914. The average molecular weight is 671 g/mol. The van der Waals surface area contributed by atoms with Crippen molar-refractivity contribution in [1.29, 1.82) is 0 Å². The van der Waals surface area contributed by atoms with Gasteiger partial charge in [0.2, 0.25) is 0 Å². The second-order valence-corrected chi connectivity index (χ2v) is 11.9. The molecule has 49 heavy (non-hydrogen) atoms. The molecule has 4 aromatic carbocycles. The minimum atomic E-state index is -0.393. The van der Waals surface area contributed by atoms with Crippen molar-refractivity contribution in [1.82, 2.24) is 15.6 Å². The van der Waals surface area contributed by atoms with Crippen LogP contribution in [0.25, 0.3) is 11.3 Å². The molecule has 5 aromatic rings. The Bertz CT molecular complexity index is 2020. The molecule has 1 aromatic heterocycles. The number of urea groups is 1. The molecule has 1 aliphatic heterocycles. The van der Waals surface area contributed by atoms with Crippen molar-refractivity contribution in [2.24, 2.45) is 0 Å². The lowest BCUT2D eigenvalue weighted by Crippen LogP contribution is -2.28. The normalized spacial score (nSPS) is 13.5. The van der Waals surface area contributed by atoms with E-state index in [0.717, 1.165) is 16.7 Å². The van der Waals surface area contributed by atoms with Gasteiger partial charge in [0.1, 0.15) is 0 Å². The first-order chi connectivity index (χ1) is 23.9. The smallest absolute Gasteiger partial charge is 0.323 e. The molecular formula is C39H35ClN6O3. The highest BCUT2D eigenvalue weighted by molar-refractivity contribution is 6.37. The maximum absolute atomic E-state index is 13.7. The van der Waals surface area contributed by atoms with Gasteiger partial charge in [-0.15, -0.1) is 0 Å². The van der Waals surface area contributed by atoms with Crippen molar-refractivity contribution < 1.29 is 14.4 Å². The van der Waals surface area contributed by atoms with E-state index >= 15 is 0 Å². The van der Waals surface area contributed by atoms with E-state index in [1.807, 2.05) is 79.7 Å². The molecule has 1 atom stereocenters. The highest BCUT2D eigenvalue weighted by Gasteiger charge is 2.32. The summed E-state index contributed by atoms with van der Waals surface area (Å²) in [5.41, 5.74) is 6.44. The number of aromatic nitrogens is 1. The van der Waals surface area contributed by atoms with Crippen LogP contribution in [0.4, 0.5) is 21.9 Å². The Hall–Kier alpha value is -5.93. The van der Waals surface area contributed by atoms with Gasteiger partial charge in [-0.2, -0.15) is 0 Å². The Kier molecular flexibility index (Phi) is 10.3. The second kappa shape index (κ2) is 15.3. The third-order valence-electron chi connectivity index (χ3n) is 8.22. The maximum atomic E-state index is 13.7. The summed E-state index contributed by atoms with van der Waals surface area (Å²) in [7, 11) is 0. The molecule has 0 saturated heterocycles. The number of benzene rings is 4. The number of nitrogens with one attached hydrogen (secondary N) is 5. The van der Waals surface area contributed by atoms with Gasteiger partial charge >= 0.3 is 6.03 Å². The van der Waals surface area contributed by atoms with Crippen molar-refractivity contribution in [3.05, 3.63) is 154 Å². The van der Waals surface area contributed by atoms with E-state index in [-0.39, 0.29) is 17.9 Å². The van der Waals surface area contributed by atoms with E-state index < -0.39 is 6.03 Å². The third-order valence-corrected chi connectivity index (χ3v) is 8.46. The van der Waals surface area contributed by atoms with Gasteiger partial charge in [0, 0.05) is 46.5 Å². The van der Waals surface area contributed by atoms with E-state index in [9.17, 15) is 14.4 Å². The van der Waals surface area contributed by atoms with Crippen LogP contribution in [0.5, 0.6) is 0 Å². The summed E-state index contributed by atoms with van der Waals surface area (Å²) in [5, 5.41) is 15.8. The number of halogens is 1. The fraction of sp³-hybridized carbons (Fsp3) is 0.128. The van der Waals surface area contributed by atoms with E-state index in [4.69, 9.17) is 11.6 Å². The van der Waals surface area contributed by atoms with Crippen molar-refractivity contribution in [3.8, 4) is 0 Å². The zero-order valence-corrected chi connectivity index (χ0v) is 27.6. The Morgan fingerprint density at radius 2 is 1.61 bits per heavy atom. The summed E-state index contributed by atoms with van der Waals surface area (Å²) in [6, 6.07) is 32.7. The second-order valence-electron chi connectivity index (χ2n) is 11.4. The molecule has 5 N–H and O–H groups in total. The van der Waals surface area contributed by atoms with Crippen LogP contribution in [0.1, 0.15) is 52.0 Å². The molecule has 6 rings (SSSR count). The fourth-order valence-electron chi connectivity index (χ4n) is 5.86. The summed E-state index contributed by atoms with van der Waals surface area (Å²) < 4.78 is 0. The number of hydrogen-bond acceptors (Lipinski definition) is 5. The Morgan fingerprint density at radius 3 is 2.39 bits per heavy atom. The monoisotopic (exact) mass is 670 g/mol. The lowest BCUT2D eigenvalue weighted by molar-refractivity contribution is -0.110. The van der Waals surface area contributed by atoms with Gasteiger partial charge < -0.3 is 26.6 Å². The number of rotatable bonds is 11. The summed E-state index contributed by atoms with van der Waals surface area (Å²) in [6.07, 6.45) is 4.58. The lowest BCUT2D eigenvalue weighted by atomic mass is 9.98. The van der Waals surface area contributed by atoms with Crippen LogP contribution in [-0.4, -0.2) is 29.4 Å². The van der Waals surface area contributed by atoms with Gasteiger partial charge in [-0.05, 0) is 66.4 Å². The standard InChI is InChI=1S/C39H35ClN6O3/c1-2-32(25-10-4-3-5-11-25)44-37(47)31-16-9-15-30-34(38(48)46-36(30)31)35(27-18-21-41-22-19-27)42-23-20-26-12-6-7-17-33(26)45-39(49)43-29-14-8-13-28(40)24-29/h3-19,21-22,24,32,42H,2,20,23H2,1H3,(H,44,47)(H,46,48)(H2,43,45,49)/b35-34-/t32-/m0/s1. The fourth-order valence-corrected chi connectivity index (χ4v) is 6.05. The Balaban J connectivity index is 1.24. The van der Waals surface area contributed by atoms with Gasteiger partial charge in [0.25, 0.3) is 11.8 Å². The molecule has 4 amide bonds. The lowest BCUT2D eigenvalue weighted by Gasteiger charge is -2.18. The van der Waals surface area contributed by atoms with E-state index in [1.165, 1.54) is 0 Å². The summed E-state index contributed by atoms with van der Waals surface area (Å²) >= 11 is 6.06. The number of hydrogen-bond donors (Lipinski definition) is 5. The number of fused-ring (bicyclic) bond motifs is 1. The van der Waals surface area contributed by atoms with Crippen LogP contribution in [0.2, 0.25) is 5.02 Å². The van der Waals surface area contributed by atoms with Crippen LogP contribution in [0.3, 0.4) is 0 Å². The minimum Gasteiger partial charge on any atom is -0.384 e. The van der Waals surface area contributed by atoms with E-state index in [1.54, 1.807) is 48.8 Å².